The van der Waals surface area contributed by atoms with E-state index in [1.807, 2.05) is 6.92 Å². The number of hydrogen-bond donors (Lipinski definition) is 2. The molecule has 1 heterocycles. The van der Waals surface area contributed by atoms with E-state index >= 15 is 0 Å². The summed E-state index contributed by atoms with van der Waals surface area (Å²) < 4.78 is 5.28. The van der Waals surface area contributed by atoms with Gasteiger partial charge >= 0.3 is 5.97 Å². The number of rotatable bonds is 3. The van der Waals surface area contributed by atoms with Crippen LogP contribution >= 0.6 is 11.6 Å². The number of halogens is 1. The Morgan fingerprint density at radius 2 is 2.29 bits per heavy atom. The van der Waals surface area contributed by atoms with E-state index < -0.39 is 5.97 Å². The first-order valence-corrected chi connectivity index (χ1v) is 5.04. The summed E-state index contributed by atoms with van der Waals surface area (Å²) in [6.07, 6.45) is 0. The third-order valence-corrected chi connectivity index (χ3v) is 2.50. The van der Waals surface area contributed by atoms with Crippen LogP contribution in [0, 0.1) is 6.92 Å². The lowest BCUT2D eigenvalue weighted by molar-refractivity contribution is 0.0687. The van der Waals surface area contributed by atoms with E-state index in [1.54, 1.807) is 18.2 Å². The van der Waals surface area contributed by atoms with Gasteiger partial charge in [0.25, 0.3) is 5.88 Å². The summed E-state index contributed by atoms with van der Waals surface area (Å²) in [7, 11) is 0. The molecule has 6 nitrogen and oxygen atoms in total. The third-order valence-electron chi connectivity index (χ3n) is 2.09. The zero-order valence-electron chi connectivity index (χ0n) is 8.77. The number of aryl methyl sites for hydroxylation is 1. The van der Waals surface area contributed by atoms with Gasteiger partial charge in [0.15, 0.2) is 0 Å². The molecular weight excluding hydrogens is 246 g/mol. The lowest BCUT2D eigenvalue weighted by atomic mass is 10.2. The number of ether oxygens (including phenoxy) is 1. The van der Waals surface area contributed by atoms with Gasteiger partial charge in [-0.15, -0.1) is 0 Å². The van der Waals surface area contributed by atoms with E-state index in [2.05, 4.69) is 15.4 Å². The van der Waals surface area contributed by atoms with E-state index in [4.69, 9.17) is 21.4 Å². The predicted octanol–water partition coefficient (Wildman–Crippen LogP) is 2.26. The Bertz CT molecular complexity index is 568. The fraction of sp³-hybridized carbons (Fsp3) is 0.100. The molecule has 1 aromatic heterocycles. The first-order valence-electron chi connectivity index (χ1n) is 4.66. The van der Waals surface area contributed by atoms with Crippen LogP contribution in [0.5, 0.6) is 11.6 Å². The molecule has 0 aliphatic carbocycles. The van der Waals surface area contributed by atoms with Gasteiger partial charge in [0.1, 0.15) is 5.75 Å². The van der Waals surface area contributed by atoms with Gasteiger partial charge in [-0.3, -0.25) is 0 Å². The summed E-state index contributed by atoms with van der Waals surface area (Å²) >= 11 is 5.92. The van der Waals surface area contributed by atoms with Gasteiger partial charge in [0.2, 0.25) is 5.69 Å². The number of benzene rings is 1. The number of carbonyl (C=O) groups is 1. The zero-order valence-corrected chi connectivity index (χ0v) is 9.52. The van der Waals surface area contributed by atoms with Crippen LogP contribution in [0.4, 0.5) is 0 Å². The van der Waals surface area contributed by atoms with Crippen LogP contribution < -0.4 is 4.74 Å². The lowest BCUT2D eigenvalue weighted by Gasteiger charge is -2.04. The first-order chi connectivity index (χ1) is 8.08. The van der Waals surface area contributed by atoms with Crippen molar-refractivity contribution in [2.45, 2.75) is 6.92 Å². The van der Waals surface area contributed by atoms with E-state index in [0.717, 1.165) is 5.56 Å². The van der Waals surface area contributed by atoms with Gasteiger partial charge in [0, 0.05) is 5.02 Å². The maximum atomic E-state index is 10.8. The summed E-state index contributed by atoms with van der Waals surface area (Å²) in [5, 5.41) is 18.5. The maximum Gasteiger partial charge on any atom is 0.359 e. The second kappa shape index (κ2) is 4.42. The van der Waals surface area contributed by atoms with Crippen molar-refractivity contribution in [2.24, 2.45) is 0 Å². The number of carboxylic acid groups (broad SMARTS) is 1. The summed E-state index contributed by atoms with van der Waals surface area (Å²) in [6, 6.07) is 5.01. The number of aromatic amines is 1. The summed E-state index contributed by atoms with van der Waals surface area (Å²) in [5.74, 6) is -0.891. The van der Waals surface area contributed by atoms with Crippen LogP contribution in [0.25, 0.3) is 0 Å². The first kappa shape index (κ1) is 11.4. The van der Waals surface area contributed by atoms with Crippen LogP contribution in [0.1, 0.15) is 16.1 Å². The van der Waals surface area contributed by atoms with Gasteiger partial charge in [-0.1, -0.05) is 28.0 Å². The molecule has 2 rings (SSSR count). The quantitative estimate of drug-likeness (QED) is 0.876. The Balaban J connectivity index is 2.28. The van der Waals surface area contributed by atoms with Crippen molar-refractivity contribution in [2.75, 3.05) is 0 Å². The number of nitrogens with one attached hydrogen (secondary N) is 1. The van der Waals surface area contributed by atoms with Crippen molar-refractivity contribution in [1.82, 2.24) is 15.4 Å². The second-order valence-electron chi connectivity index (χ2n) is 3.31. The molecule has 0 spiro atoms. The van der Waals surface area contributed by atoms with E-state index in [0.29, 0.717) is 10.8 Å². The molecule has 0 fully saturated rings. The minimum Gasteiger partial charge on any atom is -0.476 e. The van der Waals surface area contributed by atoms with Gasteiger partial charge < -0.3 is 9.84 Å². The number of nitrogens with zero attached hydrogens (tertiary/aromatic N) is 2. The Morgan fingerprint density at radius 1 is 1.53 bits per heavy atom. The fourth-order valence-electron chi connectivity index (χ4n) is 1.18. The Hall–Kier alpha value is -2.08. The Morgan fingerprint density at radius 3 is 2.94 bits per heavy atom. The Kier molecular flexibility index (Phi) is 2.97. The van der Waals surface area contributed by atoms with Crippen molar-refractivity contribution in [1.29, 1.82) is 0 Å². The topological polar surface area (TPSA) is 88.1 Å². The molecule has 0 saturated carbocycles. The Labute approximate surface area is 101 Å². The molecule has 0 radical (unpaired) electrons. The molecule has 0 atom stereocenters. The molecule has 0 aliphatic heterocycles. The zero-order chi connectivity index (χ0) is 12.4. The standard InChI is InChI=1S/C10H8ClN3O3/c1-5-2-3-6(4-7(5)11)17-9-8(10(15)16)12-14-13-9/h2-4H,1H3,(H,15,16)(H,12,13,14). The van der Waals surface area contributed by atoms with Crippen molar-refractivity contribution >= 4 is 17.6 Å². The highest BCUT2D eigenvalue weighted by Gasteiger charge is 2.16. The van der Waals surface area contributed by atoms with Gasteiger partial charge in [-0.2, -0.15) is 0 Å². The summed E-state index contributed by atoms with van der Waals surface area (Å²) in [5.41, 5.74) is 0.694. The van der Waals surface area contributed by atoms with Crippen molar-refractivity contribution < 1.29 is 14.6 Å². The molecule has 2 aromatic rings. The molecule has 0 aliphatic rings. The van der Waals surface area contributed by atoms with Crippen molar-refractivity contribution in [3.8, 4) is 11.6 Å². The van der Waals surface area contributed by atoms with Crippen LogP contribution in [0.2, 0.25) is 5.02 Å². The average Bonchev–Trinajstić information content (AvgIpc) is 2.72. The molecule has 7 heteroatoms. The molecule has 0 saturated heterocycles. The second-order valence-corrected chi connectivity index (χ2v) is 3.72. The van der Waals surface area contributed by atoms with Gasteiger partial charge in [-0.25, -0.2) is 9.89 Å². The van der Waals surface area contributed by atoms with Crippen LogP contribution in [0.3, 0.4) is 0 Å². The number of carboxylic acids is 1. The predicted molar refractivity (Wildman–Crippen MR) is 59.6 cm³/mol. The van der Waals surface area contributed by atoms with Crippen molar-refractivity contribution in [3.05, 3.63) is 34.5 Å². The third kappa shape index (κ3) is 2.36. The average molecular weight is 254 g/mol. The smallest absolute Gasteiger partial charge is 0.359 e. The van der Waals surface area contributed by atoms with Gasteiger partial charge in [0.05, 0.1) is 0 Å². The van der Waals surface area contributed by atoms with Crippen LogP contribution in [-0.4, -0.2) is 26.5 Å². The van der Waals surface area contributed by atoms with E-state index in [1.165, 1.54) is 0 Å². The highest BCUT2D eigenvalue weighted by molar-refractivity contribution is 6.31. The molecule has 0 amide bonds. The van der Waals surface area contributed by atoms with Crippen molar-refractivity contribution in [3.63, 3.8) is 0 Å². The monoisotopic (exact) mass is 253 g/mol. The molecule has 2 N–H and O–H groups in total. The van der Waals surface area contributed by atoms with E-state index in [9.17, 15) is 4.79 Å². The largest absolute Gasteiger partial charge is 0.476 e. The highest BCUT2D eigenvalue weighted by Crippen LogP contribution is 2.26. The molecule has 17 heavy (non-hydrogen) atoms. The molecule has 0 unspecified atom stereocenters. The summed E-state index contributed by atoms with van der Waals surface area (Å²) in [6.45, 7) is 1.85. The van der Waals surface area contributed by atoms with Gasteiger partial charge in [-0.05, 0) is 24.6 Å². The van der Waals surface area contributed by atoms with Crippen LogP contribution in [0.15, 0.2) is 18.2 Å². The fourth-order valence-corrected chi connectivity index (χ4v) is 1.35. The molecule has 0 bridgehead atoms. The number of hydrogen-bond acceptors (Lipinski definition) is 4. The lowest BCUT2D eigenvalue weighted by Crippen LogP contribution is -1.99. The van der Waals surface area contributed by atoms with Crippen LogP contribution in [-0.2, 0) is 0 Å². The number of aromatic carboxylic acids is 1. The highest BCUT2D eigenvalue weighted by atomic mass is 35.5. The maximum absolute atomic E-state index is 10.8. The molecular formula is C10H8ClN3O3. The minimum absolute atomic E-state index is 0.0996. The molecule has 88 valence electrons. The minimum atomic E-state index is -1.19. The summed E-state index contributed by atoms with van der Waals surface area (Å²) in [4.78, 5) is 10.8. The molecule has 1 aromatic carbocycles. The normalized spacial score (nSPS) is 10.2. The SMILES string of the molecule is Cc1ccc(Oc2nn[nH]c2C(=O)O)cc1Cl. The number of H-pyrrole nitrogens is 1. The number of aromatic nitrogens is 3. The van der Waals surface area contributed by atoms with E-state index in [-0.39, 0.29) is 11.6 Å².